The number of anilines is 1. The molecule has 0 aliphatic rings. The monoisotopic (exact) mass is 369 g/mol. The number of sulfonamides is 1. The van der Waals surface area contributed by atoms with Gasteiger partial charge in [-0.3, -0.25) is 4.79 Å². The Morgan fingerprint density at radius 1 is 1.19 bits per heavy atom. The third kappa shape index (κ3) is 4.92. The van der Waals surface area contributed by atoms with Gasteiger partial charge in [0.25, 0.3) is 5.91 Å². The van der Waals surface area contributed by atoms with E-state index < -0.39 is 10.0 Å². The maximum absolute atomic E-state index is 11.9. The maximum atomic E-state index is 11.9. The zero-order valence-electron chi connectivity index (χ0n) is 10.8. The third-order valence-corrected chi connectivity index (χ3v) is 3.74. The standard InChI is InChI=1S/C13H12BrN3O3S/c14-10-3-6-12(16-7-10)13(18)17-11-4-1-9(2-5-11)8-21(15,19)20/h1-7H,8H2,(H,17,18)(H2,15,19,20). The van der Waals surface area contributed by atoms with Crippen LogP contribution in [0.25, 0.3) is 0 Å². The Balaban J connectivity index is 2.06. The number of primary sulfonamides is 1. The van der Waals surface area contributed by atoms with E-state index in [0.29, 0.717) is 11.3 Å². The number of carbonyl (C=O) groups excluding carboxylic acids is 1. The van der Waals surface area contributed by atoms with Crippen molar-refractivity contribution in [2.75, 3.05) is 5.32 Å². The third-order valence-electron chi connectivity index (χ3n) is 2.54. The molecular formula is C13H12BrN3O3S. The molecule has 8 heteroatoms. The predicted molar refractivity (Wildman–Crippen MR) is 83.1 cm³/mol. The summed E-state index contributed by atoms with van der Waals surface area (Å²) in [6.07, 6.45) is 1.53. The Morgan fingerprint density at radius 3 is 2.38 bits per heavy atom. The first kappa shape index (κ1) is 15.6. The Bertz CT molecular complexity index is 743. The van der Waals surface area contributed by atoms with Crippen LogP contribution in [0.4, 0.5) is 5.69 Å². The van der Waals surface area contributed by atoms with E-state index in [1.54, 1.807) is 36.4 Å². The van der Waals surface area contributed by atoms with Crippen LogP contribution in [0.1, 0.15) is 16.1 Å². The quantitative estimate of drug-likeness (QED) is 0.858. The van der Waals surface area contributed by atoms with E-state index in [0.717, 1.165) is 4.47 Å². The number of rotatable bonds is 4. The Hall–Kier alpha value is -1.77. The molecule has 1 amide bonds. The molecule has 1 aromatic carbocycles. The number of halogens is 1. The van der Waals surface area contributed by atoms with Crippen molar-refractivity contribution in [2.45, 2.75) is 5.75 Å². The molecule has 3 N–H and O–H groups in total. The van der Waals surface area contributed by atoms with Gasteiger partial charge in [0.1, 0.15) is 5.69 Å². The van der Waals surface area contributed by atoms with E-state index in [1.165, 1.54) is 6.20 Å². The molecule has 1 aromatic heterocycles. The molecule has 6 nitrogen and oxygen atoms in total. The summed E-state index contributed by atoms with van der Waals surface area (Å²) in [5, 5.41) is 7.64. The zero-order valence-corrected chi connectivity index (χ0v) is 13.2. The highest BCUT2D eigenvalue weighted by atomic mass is 79.9. The van der Waals surface area contributed by atoms with Crippen LogP contribution in [0, 0.1) is 0 Å². The predicted octanol–water partition coefficient (Wildman–Crippen LogP) is 1.88. The van der Waals surface area contributed by atoms with Crippen molar-refractivity contribution in [3.05, 3.63) is 58.3 Å². The average molecular weight is 370 g/mol. The Kier molecular flexibility index (Phi) is 4.71. The Morgan fingerprint density at radius 2 is 1.86 bits per heavy atom. The first-order chi connectivity index (χ1) is 9.83. The highest BCUT2D eigenvalue weighted by Crippen LogP contribution is 2.13. The van der Waals surface area contributed by atoms with Crippen molar-refractivity contribution in [3.63, 3.8) is 0 Å². The van der Waals surface area contributed by atoms with Crippen molar-refractivity contribution in [2.24, 2.45) is 5.14 Å². The first-order valence-electron chi connectivity index (χ1n) is 5.86. The van der Waals surface area contributed by atoms with Gasteiger partial charge in [-0.25, -0.2) is 18.5 Å². The van der Waals surface area contributed by atoms with E-state index >= 15 is 0 Å². The molecule has 0 spiro atoms. The molecule has 0 atom stereocenters. The largest absolute Gasteiger partial charge is 0.321 e. The molecule has 110 valence electrons. The summed E-state index contributed by atoms with van der Waals surface area (Å²) in [4.78, 5) is 15.9. The van der Waals surface area contributed by atoms with Crippen molar-refractivity contribution in [3.8, 4) is 0 Å². The molecule has 0 radical (unpaired) electrons. The van der Waals surface area contributed by atoms with Gasteiger partial charge in [0, 0.05) is 16.4 Å². The second-order valence-corrected chi connectivity index (χ2v) is 6.85. The number of hydrogen-bond donors (Lipinski definition) is 2. The Labute approximate surface area is 130 Å². The zero-order chi connectivity index (χ0) is 15.5. The molecule has 0 aliphatic heterocycles. The van der Waals surface area contributed by atoms with Gasteiger partial charge in [-0.05, 0) is 45.8 Å². The van der Waals surface area contributed by atoms with Crippen molar-refractivity contribution >= 4 is 37.5 Å². The van der Waals surface area contributed by atoms with Crippen molar-refractivity contribution < 1.29 is 13.2 Å². The van der Waals surface area contributed by atoms with Gasteiger partial charge in [0.2, 0.25) is 10.0 Å². The van der Waals surface area contributed by atoms with E-state index in [9.17, 15) is 13.2 Å². The lowest BCUT2D eigenvalue weighted by Gasteiger charge is -2.06. The molecule has 0 fully saturated rings. The molecular weight excluding hydrogens is 358 g/mol. The van der Waals surface area contributed by atoms with Crippen LogP contribution in [0.5, 0.6) is 0 Å². The summed E-state index contributed by atoms with van der Waals surface area (Å²) in [6.45, 7) is 0. The minimum atomic E-state index is -3.56. The second kappa shape index (κ2) is 6.33. The number of nitrogens with zero attached hydrogens (tertiary/aromatic N) is 1. The fourth-order valence-corrected chi connectivity index (χ4v) is 2.51. The number of nitrogens with two attached hydrogens (primary N) is 1. The number of nitrogens with one attached hydrogen (secondary N) is 1. The smallest absolute Gasteiger partial charge is 0.274 e. The highest BCUT2D eigenvalue weighted by molar-refractivity contribution is 9.10. The van der Waals surface area contributed by atoms with Crippen molar-refractivity contribution in [1.82, 2.24) is 4.98 Å². The van der Waals surface area contributed by atoms with Gasteiger partial charge >= 0.3 is 0 Å². The van der Waals surface area contributed by atoms with E-state index in [1.807, 2.05) is 0 Å². The molecule has 0 bridgehead atoms. The summed E-state index contributed by atoms with van der Waals surface area (Å²) in [6, 6.07) is 9.71. The summed E-state index contributed by atoms with van der Waals surface area (Å²) in [5.74, 6) is -0.586. The minimum absolute atomic E-state index is 0.241. The van der Waals surface area contributed by atoms with Gasteiger partial charge in [0.15, 0.2) is 0 Å². The van der Waals surface area contributed by atoms with Crippen LogP contribution in [0.2, 0.25) is 0 Å². The van der Waals surface area contributed by atoms with E-state index in [-0.39, 0.29) is 17.4 Å². The molecule has 2 rings (SSSR count). The van der Waals surface area contributed by atoms with Gasteiger partial charge in [-0.1, -0.05) is 12.1 Å². The normalized spacial score (nSPS) is 11.1. The fourth-order valence-electron chi connectivity index (χ4n) is 1.62. The molecule has 0 saturated carbocycles. The molecule has 21 heavy (non-hydrogen) atoms. The number of aromatic nitrogens is 1. The molecule has 2 aromatic rings. The van der Waals surface area contributed by atoms with Crippen LogP contribution in [-0.2, 0) is 15.8 Å². The summed E-state index contributed by atoms with van der Waals surface area (Å²) in [5.41, 5.74) is 1.38. The number of hydrogen-bond acceptors (Lipinski definition) is 4. The van der Waals surface area contributed by atoms with Gasteiger partial charge in [0.05, 0.1) is 5.75 Å². The molecule has 0 unspecified atom stereocenters. The lowest BCUT2D eigenvalue weighted by molar-refractivity contribution is 0.102. The first-order valence-corrected chi connectivity index (χ1v) is 8.37. The van der Waals surface area contributed by atoms with Gasteiger partial charge in [-0.15, -0.1) is 0 Å². The van der Waals surface area contributed by atoms with Crippen LogP contribution in [0.15, 0.2) is 47.1 Å². The SMILES string of the molecule is NS(=O)(=O)Cc1ccc(NC(=O)c2ccc(Br)cn2)cc1. The van der Waals surface area contributed by atoms with E-state index in [2.05, 4.69) is 26.2 Å². The molecule has 1 heterocycles. The fraction of sp³-hybridized carbons (Fsp3) is 0.0769. The summed E-state index contributed by atoms with van der Waals surface area (Å²) in [7, 11) is -3.56. The average Bonchev–Trinajstić information content (AvgIpc) is 2.40. The molecule has 0 saturated heterocycles. The van der Waals surface area contributed by atoms with Crippen LogP contribution < -0.4 is 10.5 Å². The second-order valence-electron chi connectivity index (χ2n) is 4.32. The van der Waals surface area contributed by atoms with Gasteiger partial charge in [-0.2, -0.15) is 0 Å². The minimum Gasteiger partial charge on any atom is -0.321 e. The van der Waals surface area contributed by atoms with Crippen molar-refractivity contribution in [1.29, 1.82) is 0 Å². The van der Waals surface area contributed by atoms with E-state index in [4.69, 9.17) is 5.14 Å². The summed E-state index contributed by atoms with van der Waals surface area (Å²) < 4.78 is 22.7. The number of carbonyl (C=O) groups is 1. The van der Waals surface area contributed by atoms with Crippen LogP contribution in [0.3, 0.4) is 0 Å². The number of amides is 1. The lowest BCUT2D eigenvalue weighted by Crippen LogP contribution is -2.15. The van der Waals surface area contributed by atoms with Crippen LogP contribution >= 0.6 is 15.9 Å². The number of pyridine rings is 1. The molecule has 0 aliphatic carbocycles. The van der Waals surface area contributed by atoms with Gasteiger partial charge < -0.3 is 5.32 Å². The lowest BCUT2D eigenvalue weighted by atomic mass is 10.2. The summed E-state index contributed by atoms with van der Waals surface area (Å²) >= 11 is 3.24. The maximum Gasteiger partial charge on any atom is 0.274 e. The number of benzene rings is 1. The topological polar surface area (TPSA) is 102 Å². The van der Waals surface area contributed by atoms with Crippen LogP contribution in [-0.4, -0.2) is 19.3 Å². The highest BCUT2D eigenvalue weighted by Gasteiger charge is 2.08.